The molecule has 1 aliphatic rings. The summed E-state index contributed by atoms with van der Waals surface area (Å²) in [5.74, 6) is -1.23. The molecule has 14 heavy (non-hydrogen) atoms. The van der Waals surface area contributed by atoms with Gasteiger partial charge in [0, 0.05) is 12.6 Å². The summed E-state index contributed by atoms with van der Waals surface area (Å²) in [5.41, 5.74) is 0. The average Bonchev–Trinajstić information content (AvgIpc) is 2.52. The largest absolute Gasteiger partial charge is 0.481 e. The molecule has 0 bridgehead atoms. The van der Waals surface area contributed by atoms with E-state index in [1.165, 1.54) is 0 Å². The monoisotopic (exact) mass is 200 g/mol. The summed E-state index contributed by atoms with van der Waals surface area (Å²) < 4.78 is 0. The van der Waals surface area contributed by atoms with Crippen LogP contribution in [0.25, 0.3) is 0 Å². The molecule has 1 saturated carbocycles. The first-order chi connectivity index (χ1) is 6.65. The fourth-order valence-electron chi connectivity index (χ4n) is 1.81. The van der Waals surface area contributed by atoms with Crippen molar-refractivity contribution in [1.82, 2.24) is 10.6 Å². The van der Waals surface area contributed by atoms with Gasteiger partial charge in [-0.1, -0.05) is 6.42 Å². The van der Waals surface area contributed by atoms with Crippen LogP contribution in [0.1, 0.15) is 26.2 Å². The van der Waals surface area contributed by atoms with Crippen LogP contribution in [0.15, 0.2) is 0 Å². The number of rotatable bonds is 3. The van der Waals surface area contributed by atoms with Crippen LogP contribution in [-0.2, 0) is 4.79 Å². The first-order valence-electron chi connectivity index (χ1n) is 4.92. The molecule has 1 aliphatic carbocycles. The summed E-state index contributed by atoms with van der Waals surface area (Å²) in [4.78, 5) is 21.9. The van der Waals surface area contributed by atoms with Gasteiger partial charge in [0.1, 0.15) is 0 Å². The lowest BCUT2D eigenvalue weighted by molar-refractivity contribution is -0.142. The Balaban J connectivity index is 2.43. The van der Waals surface area contributed by atoms with Crippen molar-refractivity contribution in [2.45, 2.75) is 32.2 Å². The van der Waals surface area contributed by atoms with Crippen molar-refractivity contribution >= 4 is 12.0 Å². The average molecular weight is 200 g/mol. The molecule has 0 aliphatic heterocycles. The zero-order valence-electron chi connectivity index (χ0n) is 8.25. The minimum atomic E-state index is -0.815. The van der Waals surface area contributed by atoms with Crippen LogP contribution >= 0.6 is 0 Å². The highest BCUT2D eigenvalue weighted by atomic mass is 16.4. The van der Waals surface area contributed by atoms with Gasteiger partial charge in [-0.2, -0.15) is 0 Å². The lowest BCUT2D eigenvalue weighted by atomic mass is 10.0. The number of hydrogen-bond acceptors (Lipinski definition) is 2. The summed E-state index contributed by atoms with van der Waals surface area (Å²) in [6.07, 6.45) is 2.29. The predicted molar refractivity (Wildman–Crippen MR) is 51.0 cm³/mol. The van der Waals surface area contributed by atoms with E-state index in [0.29, 0.717) is 13.0 Å². The minimum absolute atomic E-state index is 0.209. The molecule has 2 atom stereocenters. The van der Waals surface area contributed by atoms with Crippen molar-refractivity contribution in [3.05, 3.63) is 0 Å². The van der Waals surface area contributed by atoms with Crippen LogP contribution < -0.4 is 10.6 Å². The quantitative estimate of drug-likeness (QED) is 0.622. The van der Waals surface area contributed by atoms with Gasteiger partial charge in [-0.3, -0.25) is 4.79 Å². The fraction of sp³-hybridized carbons (Fsp3) is 0.778. The Morgan fingerprint density at radius 3 is 2.71 bits per heavy atom. The van der Waals surface area contributed by atoms with Gasteiger partial charge < -0.3 is 15.7 Å². The zero-order valence-corrected chi connectivity index (χ0v) is 8.25. The summed E-state index contributed by atoms with van der Waals surface area (Å²) in [5, 5.41) is 14.1. The normalized spacial score (nSPS) is 25.8. The third-order valence-corrected chi connectivity index (χ3v) is 2.49. The van der Waals surface area contributed by atoms with E-state index in [1.54, 1.807) is 0 Å². The van der Waals surface area contributed by atoms with Crippen LogP contribution in [0.4, 0.5) is 4.79 Å². The highest BCUT2D eigenvalue weighted by Crippen LogP contribution is 2.25. The molecule has 5 nitrogen and oxygen atoms in total. The summed E-state index contributed by atoms with van der Waals surface area (Å²) in [6, 6.07) is -0.482. The van der Waals surface area contributed by atoms with Gasteiger partial charge in [-0.25, -0.2) is 4.79 Å². The van der Waals surface area contributed by atoms with E-state index in [2.05, 4.69) is 10.6 Å². The topological polar surface area (TPSA) is 78.4 Å². The molecule has 5 heteroatoms. The molecule has 0 radical (unpaired) electrons. The first kappa shape index (κ1) is 10.8. The lowest BCUT2D eigenvalue weighted by Gasteiger charge is -2.17. The fourth-order valence-corrected chi connectivity index (χ4v) is 1.81. The SMILES string of the molecule is CCNC(=O)NC1CCCC1C(=O)O. The Bertz CT molecular complexity index is 230. The molecule has 0 aromatic carbocycles. The second-order valence-corrected chi connectivity index (χ2v) is 3.49. The number of nitrogens with one attached hydrogen (secondary N) is 2. The van der Waals surface area contributed by atoms with E-state index in [1.807, 2.05) is 6.92 Å². The van der Waals surface area contributed by atoms with E-state index in [0.717, 1.165) is 12.8 Å². The summed E-state index contributed by atoms with van der Waals surface area (Å²) in [6.45, 7) is 2.37. The first-order valence-corrected chi connectivity index (χ1v) is 4.92. The second kappa shape index (κ2) is 4.83. The Morgan fingerprint density at radius 1 is 1.43 bits per heavy atom. The maximum absolute atomic E-state index is 11.2. The van der Waals surface area contributed by atoms with E-state index >= 15 is 0 Å². The number of carboxylic acids is 1. The van der Waals surface area contributed by atoms with Crippen molar-refractivity contribution in [2.24, 2.45) is 5.92 Å². The molecule has 2 amide bonds. The Hall–Kier alpha value is -1.26. The third kappa shape index (κ3) is 2.61. The molecule has 2 unspecified atom stereocenters. The smallest absolute Gasteiger partial charge is 0.315 e. The number of carboxylic acid groups (broad SMARTS) is 1. The van der Waals surface area contributed by atoms with E-state index in [-0.39, 0.29) is 12.1 Å². The molecule has 0 spiro atoms. The van der Waals surface area contributed by atoms with Gasteiger partial charge in [-0.15, -0.1) is 0 Å². The zero-order chi connectivity index (χ0) is 10.6. The van der Waals surface area contributed by atoms with Crippen molar-refractivity contribution in [2.75, 3.05) is 6.54 Å². The number of amides is 2. The van der Waals surface area contributed by atoms with Crippen molar-refractivity contribution in [3.63, 3.8) is 0 Å². The number of carbonyl (C=O) groups excluding carboxylic acids is 1. The van der Waals surface area contributed by atoms with Gasteiger partial charge in [0.05, 0.1) is 5.92 Å². The molecule has 1 fully saturated rings. The van der Waals surface area contributed by atoms with Gasteiger partial charge in [-0.05, 0) is 19.8 Å². The number of carbonyl (C=O) groups is 2. The minimum Gasteiger partial charge on any atom is -0.481 e. The maximum atomic E-state index is 11.2. The van der Waals surface area contributed by atoms with E-state index in [4.69, 9.17) is 5.11 Å². The molecule has 0 heterocycles. The molecule has 0 aromatic rings. The summed E-state index contributed by atoms with van der Waals surface area (Å²) >= 11 is 0. The molecule has 1 rings (SSSR count). The molecular weight excluding hydrogens is 184 g/mol. The van der Waals surface area contributed by atoms with Crippen LogP contribution in [-0.4, -0.2) is 29.7 Å². The Kier molecular flexibility index (Phi) is 3.73. The highest BCUT2D eigenvalue weighted by Gasteiger charge is 2.33. The van der Waals surface area contributed by atoms with Crippen LogP contribution in [0, 0.1) is 5.92 Å². The van der Waals surface area contributed by atoms with Crippen LogP contribution in [0.3, 0.4) is 0 Å². The molecule has 0 aromatic heterocycles. The van der Waals surface area contributed by atoms with Crippen LogP contribution in [0.5, 0.6) is 0 Å². The molecular formula is C9H16N2O3. The van der Waals surface area contributed by atoms with Gasteiger partial charge >= 0.3 is 12.0 Å². The van der Waals surface area contributed by atoms with E-state index in [9.17, 15) is 9.59 Å². The predicted octanol–water partition coefficient (Wildman–Crippen LogP) is 0.559. The Labute approximate surface area is 82.9 Å². The van der Waals surface area contributed by atoms with Gasteiger partial charge in [0.2, 0.25) is 0 Å². The third-order valence-electron chi connectivity index (χ3n) is 2.49. The van der Waals surface area contributed by atoms with Crippen molar-refractivity contribution in [3.8, 4) is 0 Å². The molecule has 80 valence electrons. The highest BCUT2D eigenvalue weighted by molar-refractivity contribution is 5.76. The van der Waals surface area contributed by atoms with Crippen LogP contribution in [0.2, 0.25) is 0 Å². The van der Waals surface area contributed by atoms with Crippen molar-refractivity contribution in [1.29, 1.82) is 0 Å². The second-order valence-electron chi connectivity index (χ2n) is 3.49. The summed E-state index contributed by atoms with van der Waals surface area (Å²) in [7, 11) is 0. The van der Waals surface area contributed by atoms with Crippen molar-refractivity contribution < 1.29 is 14.7 Å². The van der Waals surface area contributed by atoms with Gasteiger partial charge in [0.25, 0.3) is 0 Å². The number of aliphatic carboxylic acids is 1. The van der Waals surface area contributed by atoms with Gasteiger partial charge in [0.15, 0.2) is 0 Å². The maximum Gasteiger partial charge on any atom is 0.315 e. The number of urea groups is 1. The molecule has 0 saturated heterocycles. The lowest BCUT2D eigenvalue weighted by Crippen LogP contribution is -2.45. The molecule has 3 N–H and O–H groups in total. The van der Waals surface area contributed by atoms with E-state index < -0.39 is 11.9 Å². The number of hydrogen-bond donors (Lipinski definition) is 3. The standard InChI is InChI=1S/C9H16N2O3/c1-2-10-9(14)11-7-5-3-4-6(7)8(12)13/h6-7H,2-5H2,1H3,(H,12,13)(H2,10,11,14). The Morgan fingerprint density at radius 2 is 2.14 bits per heavy atom.